The van der Waals surface area contributed by atoms with Crippen molar-refractivity contribution in [2.45, 2.75) is 24.8 Å². The zero-order chi connectivity index (χ0) is 19.3. The average molecular weight is 367 g/mol. The molecule has 1 heterocycles. The van der Waals surface area contributed by atoms with Gasteiger partial charge in [-0.25, -0.2) is 0 Å². The van der Waals surface area contributed by atoms with Gasteiger partial charge in [0.1, 0.15) is 6.29 Å². The third-order valence-electron chi connectivity index (χ3n) is 5.86. The normalized spacial score (nSPS) is 18.1. The molecule has 0 N–H and O–H groups in total. The molecule has 1 saturated heterocycles. The minimum Gasteiger partial charge on any atom is -0.378 e. The number of nitrogens with zero attached hydrogens (tertiary/aromatic N) is 2. The predicted octanol–water partition coefficient (Wildman–Crippen LogP) is 3.37. The van der Waals surface area contributed by atoms with E-state index in [1.807, 2.05) is 6.07 Å². The van der Waals surface area contributed by atoms with E-state index >= 15 is 0 Å². The van der Waals surface area contributed by atoms with Gasteiger partial charge in [-0.05, 0) is 50.7 Å². The fourth-order valence-corrected chi connectivity index (χ4v) is 3.85. The Bertz CT molecular complexity index is 724. The molecule has 1 fully saturated rings. The van der Waals surface area contributed by atoms with Crippen LogP contribution < -0.4 is 4.90 Å². The summed E-state index contributed by atoms with van der Waals surface area (Å²) in [6.45, 7) is 5.55. The number of aldehydes is 1. The number of carbonyl (C=O) groups is 1. The summed E-state index contributed by atoms with van der Waals surface area (Å²) in [5, 5.41) is 0. The van der Waals surface area contributed by atoms with E-state index in [1.54, 1.807) is 0 Å². The Morgan fingerprint density at radius 1 is 1.07 bits per heavy atom. The second-order valence-corrected chi connectivity index (χ2v) is 7.72. The number of likely N-dealkylation sites (N-methyl/N-ethyl adjacent to an activating group) is 1. The monoisotopic (exact) mass is 366 g/mol. The molecule has 0 saturated carbocycles. The molecule has 3 rings (SSSR count). The van der Waals surface area contributed by atoms with Crippen molar-refractivity contribution in [3.05, 3.63) is 65.7 Å². The van der Waals surface area contributed by atoms with E-state index in [2.05, 4.69) is 79.3 Å². The molecule has 0 aliphatic carbocycles. The van der Waals surface area contributed by atoms with Crippen LogP contribution in [0, 0.1) is 0 Å². The highest BCUT2D eigenvalue weighted by Gasteiger charge is 2.37. The second kappa shape index (κ2) is 8.68. The molecular formula is C23H30N2O2. The van der Waals surface area contributed by atoms with Gasteiger partial charge in [-0.1, -0.05) is 42.5 Å². The van der Waals surface area contributed by atoms with E-state index in [-0.39, 0.29) is 11.5 Å². The van der Waals surface area contributed by atoms with Crippen LogP contribution in [0.25, 0.3) is 0 Å². The molecule has 2 aromatic carbocycles. The molecule has 1 aliphatic heterocycles. The zero-order valence-corrected chi connectivity index (χ0v) is 16.6. The maximum absolute atomic E-state index is 12.2. The molecule has 0 bridgehead atoms. The van der Waals surface area contributed by atoms with Crippen molar-refractivity contribution in [1.29, 1.82) is 0 Å². The molecule has 2 unspecified atom stereocenters. The van der Waals surface area contributed by atoms with Gasteiger partial charge in [-0.3, -0.25) is 0 Å². The number of hydrogen-bond donors (Lipinski definition) is 0. The quantitative estimate of drug-likeness (QED) is 0.704. The average Bonchev–Trinajstić information content (AvgIpc) is 2.70. The largest absolute Gasteiger partial charge is 0.378 e. The number of morpholine rings is 1. The first-order chi connectivity index (χ1) is 13.0. The molecule has 2 atom stereocenters. The summed E-state index contributed by atoms with van der Waals surface area (Å²) in [6.07, 6.45) is 1.92. The van der Waals surface area contributed by atoms with Gasteiger partial charge in [0.15, 0.2) is 0 Å². The molecule has 2 aromatic rings. The van der Waals surface area contributed by atoms with Gasteiger partial charge >= 0.3 is 0 Å². The van der Waals surface area contributed by atoms with Crippen LogP contribution in [-0.4, -0.2) is 57.1 Å². The van der Waals surface area contributed by atoms with Crippen molar-refractivity contribution < 1.29 is 9.53 Å². The van der Waals surface area contributed by atoms with Crippen molar-refractivity contribution in [1.82, 2.24) is 4.90 Å². The molecular weight excluding hydrogens is 336 g/mol. The standard InChI is InChI=1S/C23H30N2O2/c1-23(24(2)3,17-19-7-5-4-6-8-19)22(18-26)20-9-11-21(12-10-20)25-13-15-27-16-14-25/h4-12,18,22H,13-17H2,1-3H3. The molecule has 27 heavy (non-hydrogen) atoms. The summed E-state index contributed by atoms with van der Waals surface area (Å²) in [4.78, 5) is 16.7. The van der Waals surface area contributed by atoms with Crippen LogP contribution in [0.15, 0.2) is 54.6 Å². The SMILES string of the molecule is CN(C)C(C)(Cc1ccccc1)C(C=O)c1ccc(N2CCOCC2)cc1. The van der Waals surface area contributed by atoms with Crippen molar-refractivity contribution in [3.63, 3.8) is 0 Å². The summed E-state index contributed by atoms with van der Waals surface area (Å²) in [7, 11) is 4.11. The Kier molecular flexibility index (Phi) is 6.30. The highest BCUT2D eigenvalue weighted by Crippen LogP contribution is 2.34. The van der Waals surface area contributed by atoms with Crippen LogP contribution in [0.3, 0.4) is 0 Å². The highest BCUT2D eigenvalue weighted by molar-refractivity contribution is 5.66. The molecule has 0 radical (unpaired) electrons. The van der Waals surface area contributed by atoms with Crippen molar-refractivity contribution >= 4 is 12.0 Å². The third kappa shape index (κ3) is 4.40. The molecule has 1 aliphatic rings. The first kappa shape index (κ1) is 19.6. The number of rotatable bonds is 7. The lowest BCUT2D eigenvalue weighted by Gasteiger charge is -2.41. The number of anilines is 1. The molecule has 0 amide bonds. The first-order valence-corrected chi connectivity index (χ1v) is 9.64. The lowest BCUT2D eigenvalue weighted by Crippen LogP contribution is -2.49. The van der Waals surface area contributed by atoms with E-state index in [1.165, 1.54) is 11.3 Å². The summed E-state index contributed by atoms with van der Waals surface area (Å²) >= 11 is 0. The van der Waals surface area contributed by atoms with Gasteiger partial charge in [0, 0.05) is 24.3 Å². The fraction of sp³-hybridized carbons (Fsp3) is 0.435. The van der Waals surface area contributed by atoms with E-state index in [0.717, 1.165) is 44.6 Å². The van der Waals surface area contributed by atoms with Crippen molar-refractivity contribution in [3.8, 4) is 0 Å². The van der Waals surface area contributed by atoms with E-state index < -0.39 is 0 Å². The van der Waals surface area contributed by atoms with Crippen LogP contribution in [0.1, 0.15) is 24.0 Å². The topological polar surface area (TPSA) is 32.8 Å². The van der Waals surface area contributed by atoms with Crippen LogP contribution in [0.2, 0.25) is 0 Å². The molecule has 0 spiro atoms. The van der Waals surface area contributed by atoms with Gasteiger partial charge < -0.3 is 19.3 Å². The van der Waals surface area contributed by atoms with Gasteiger partial charge in [-0.2, -0.15) is 0 Å². The minimum atomic E-state index is -0.302. The van der Waals surface area contributed by atoms with Crippen LogP contribution in [-0.2, 0) is 16.0 Å². The molecule has 0 aromatic heterocycles. The van der Waals surface area contributed by atoms with E-state index in [0.29, 0.717) is 0 Å². The Hall–Kier alpha value is -2.17. The Morgan fingerprint density at radius 2 is 1.70 bits per heavy atom. The Labute approximate surface area is 162 Å². The zero-order valence-electron chi connectivity index (χ0n) is 16.6. The van der Waals surface area contributed by atoms with E-state index in [9.17, 15) is 4.79 Å². The van der Waals surface area contributed by atoms with Crippen LogP contribution in [0.5, 0.6) is 0 Å². The minimum absolute atomic E-state index is 0.202. The van der Waals surface area contributed by atoms with Gasteiger partial charge in [0.25, 0.3) is 0 Å². The predicted molar refractivity (Wildman–Crippen MR) is 111 cm³/mol. The van der Waals surface area contributed by atoms with Crippen LogP contribution in [0.4, 0.5) is 5.69 Å². The lowest BCUT2D eigenvalue weighted by molar-refractivity contribution is -0.111. The first-order valence-electron chi connectivity index (χ1n) is 9.64. The molecule has 4 nitrogen and oxygen atoms in total. The summed E-state index contributed by atoms with van der Waals surface area (Å²) in [6, 6.07) is 18.9. The fourth-order valence-electron chi connectivity index (χ4n) is 3.85. The smallest absolute Gasteiger partial charge is 0.129 e. The maximum atomic E-state index is 12.2. The maximum Gasteiger partial charge on any atom is 0.129 e. The Morgan fingerprint density at radius 3 is 2.26 bits per heavy atom. The second-order valence-electron chi connectivity index (χ2n) is 7.72. The Balaban J connectivity index is 1.85. The van der Waals surface area contributed by atoms with Gasteiger partial charge in [-0.15, -0.1) is 0 Å². The highest BCUT2D eigenvalue weighted by atomic mass is 16.5. The summed E-state index contributed by atoms with van der Waals surface area (Å²) < 4.78 is 5.43. The number of hydrogen-bond acceptors (Lipinski definition) is 4. The lowest BCUT2D eigenvalue weighted by atomic mass is 9.76. The van der Waals surface area contributed by atoms with E-state index in [4.69, 9.17) is 4.74 Å². The van der Waals surface area contributed by atoms with Crippen molar-refractivity contribution in [2.24, 2.45) is 0 Å². The van der Waals surface area contributed by atoms with Gasteiger partial charge in [0.05, 0.1) is 19.1 Å². The van der Waals surface area contributed by atoms with Gasteiger partial charge in [0.2, 0.25) is 0 Å². The summed E-state index contributed by atoms with van der Waals surface area (Å²) in [5.41, 5.74) is 3.20. The number of carbonyl (C=O) groups excluding carboxylic acids is 1. The van der Waals surface area contributed by atoms with Crippen LogP contribution >= 0.6 is 0 Å². The number of benzene rings is 2. The summed E-state index contributed by atoms with van der Waals surface area (Å²) in [5.74, 6) is -0.202. The molecule has 144 valence electrons. The third-order valence-corrected chi connectivity index (χ3v) is 5.86. The van der Waals surface area contributed by atoms with Crippen molar-refractivity contribution in [2.75, 3.05) is 45.3 Å². The molecule has 4 heteroatoms. The number of ether oxygens (including phenoxy) is 1.